The molecule has 1 aliphatic heterocycles. The standard InChI is InChI=1S/C32H38O2Si2/c1-35(2,3)31(21-24-12-8-7-9-13-24)28-15-11-10-14-26(28)22-32(36(4,5)6)29(30-23-34-30)20-25-16-18-27(33)19-17-25/h7-22,30,33H,23H2,1-6H3. The molecule has 0 bridgehead atoms. The molecule has 0 spiro atoms. The third-order valence-electron chi connectivity index (χ3n) is 6.48. The molecule has 4 rings (SSSR count). The fourth-order valence-electron chi connectivity index (χ4n) is 4.49. The Morgan fingerprint density at radius 2 is 1.31 bits per heavy atom. The number of rotatable bonds is 8. The van der Waals surface area contributed by atoms with Crippen molar-refractivity contribution in [2.75, 3.05) is 6.61 Å². The zero-order chi connectivity index (χ0) is 25.9. The average molecular weight is 511 g/mol. The first-order valence-corrected chi connectivity index (χ1v) is 19.7. The molecular formula is C32H38O2Si2. The molecule has 1 N–H and O–H groups in total. The molecule has 36 heavy (non-hydrogen) atoms. The minimum absolute atomic E-state index is 0.139. The van der Waals surface area contributed by atoms with E-state index in [2.05, 4.69) is 112 Å². The van der Waals surface area contributed by atoms with Gasteiger partial charge in [-0.25, -0.2) is 0 Å². The summed E-state index contributed by atoms with van der Waals surface area (Å²) in [6, 6.07) is 27.0. The van der Waals surface area contributed by atoms with E-state index in [0.29, 0.717) is 0 Å². The van der Waals surface area contributed by atoms with Crippen molar-refractivity contribution >= 4 is 39.6 Å². The summed E-state index contributed by atoms with van der Waals surface area (Å²) in [6.07, 6.45) is 7.22. The largest absolute Gasteiger partial charge is 0.508 e. The Labute approximate surface area is 218 Å². The van der Waals surface area contributed by atoms with Gasteiger partial charge in [-0.2, -0.15) is 0 Å². The number of phenolic OH excluding ortho intramolecular Hbond substituents is 1. The molecule has 0 aliphatic carbocycles. The van der Waals surface area contributed by atoms with Crippen molar-refractivity contribution in [3.63, 3.8) is 0 Å². The third-order valence-corrected chi connectivity index (χ3v) is 10.6. The van der Waals surface area contributed by atoms with Gasteiger partial charge in [0.05, 0.1) is 22.8 Å². The van der Waals surface area contributed by atoms with Crippen LogP contribution in [0.2, 0.25) is 39.3 Å². The molecule has 1 heterocycles. The Bertz CT molecular complexity index is 1280. The Kier molecular flexibility index (Phi) is 7.69. The zero-order valence-electron chi connectivity index (χ0n) is 22.4. The second-order valence-corrected chi connectivity index (χ2v) is 21.7. The van der Waals surface area contributed by atoms with Gasteiger partial charge >= 0.3 is 0 Å². The maximum Gasteiger partial charge on any atom is 0.115 e. The van der Waals surface area contributed by atoms with Gasteiger partial charge in [-0.15, -0.1) is 0 Å². The quantitative estimate of drug-likeness (QED) is 0.142. The van der Waals surface area contributed by atoms with Crippen LogP contribution in [-0.4, -0.2) is 34.0 Å². The van der Waals surface area contributed by atoms with E-state index >= 15 is 0 Å². The third kappa shape index (κ3) is 6.64. The molecule has 2 nitrogen and oxygen atoms in total. The van der Waals surface area contributed by atoms with Gasteiger partial charge in [0, 0.05) is 0 Å². The molecule has 1 saturated heterocycles. The summed E-state index contributed by atoms with van der Waals surface area (Å²) in [5.74, 6) is 0.287. The van der Waals surface area contributed by atoms with Crippen LogP contribution in [0.4, 0.5) is 0 Å². The van der Waals surface area contributed by atoms with E-state index in [1.807, 2.05) is 12.1 Å². The molecule has 3 aromatic carbocycles. The minimum Gasteiger partial charge on any atom is -0.508 e. The smallest absolute Gasteiger partial charge is 0.115 e. The summed E-state index contributed by atoms with van der Waals surface area (Å²) >= 11 is 0. The van der Waals surface area contributed by atoms with E-state index in [1.165, 1.54) is 32.7 Å². The topological polar surface area (TPSA) is 32.8 Å². The van der Waals surface area contributed by atoms with Gasteiger partial charge in [0.2, 0.25) is 0 Å². The number of phenols is 1. The van der Waals surface area contributed by atoms with E-state index in [9.17, 15) is 5.11 Å². The Balaban J connectivity index is 1.88. The van der Waals surface area contributed by atoms with Crippen LogP contribution in [0.5, 0.6) is 5.75 Å². The highest BCUT2D eigenvalue weighted by Gasteiger charge is 2.35. The van der Waals surface area contributed by atoms with Crippen molar-refractivity contribution < 1.29 is 9.84 Å². The van der Waals surface area contributed by atoms with Crippen molar-refractivity contribution in [2.45, 2.75) is 45.4 Å². The fourth-order valence-corrected chi connectivity index (χ4v) is 7.82. The number of hydrogen-bond acceptors (Lipinski definition) is 2. The number of epoxide rings is 1. The monoisotopic (exact) mass is 510 g/mol. The lowest BCUT2D eigenvalue weighted by Crippen LogP contribution is -2.27. The van der Waals surface area contributed by atoms with Crippen molar-refractivity contribution in [3.8, 4) is 5.75 Å². The molecule has 1 unspecified atom stereocenters. The molecule has 0 aromatic heterocycles. The Morgan fingerprint density at radius 3 is 1.89 bits per heavy atom. The first-order valence-electron chi connectivity index (χ1n) is 12.7. The molecule has 0 saturated carbocycles. The van der Waals surface area contributed by atoms with Gasteiger partial charge in [-0.05, 0) is 46.0 Å². The minimum atomic E-state index is -1.74. The second-order valence-electron chi connectivity index (χ2n) is 11.6. The second kappa shape index (κ2) is 10.6. The highest BCUT2D eigenvalue weighted by atomic mass is 28.3. The van der Waals surface area contributed by atoms with Crippen molar-refractivity contribution in [2.24, 2.45) is 0 Å². The molecule has 4 heteroatoms. The molecule has 1 atom stereocenters. The van der Waals surface area contributed by atoms with Crippen LogP contribution in [0.25, 0.3) is 23.4 Å². The van der Waals surface area contributed by atoms with Gasteiger partial charge < -0.3 is 9.84 Å². The highest BCUT2D eigenvalue weighted by molar-refractivity contribution is 6.94. The average Bonchev–Trinajstić information content (AvgIpc) is 3.66. The van der Waals surface area contributed by atoms with Crippen LogP contribution >= 0.6 is 0 Å². The van der Waals surface area contributed by atoms with Crippen LogP contribution in [0.3, 0.4) is 0 Å². The van der Waals surface area contributed by atoms with Crippen LogP contribution in [0, 0.1) is 0 Å². The normalized spacial score (nSPS) is 17.3. The van der Waals surface area contributed by atoms with Gasteiger partial charge in [-0.1, -0.05) is 129 Å². The first kappa shape index (κ1) is 26.1. The molecular weight excluding hydrogens is 473 g/mol. The van der Waals surface area contributed by atoms with Crippen LogP contribution < -0.4 is 0 Å². The lowest BCUT2D eigenvalue weighted by Gasteiger charge is -2.26. The van der Waals surface area contributed by atoms with E-state index in [1.54, 1.807) is 12.1 Å². The molecule has 0 amide bonds. The number of hydrogen-bond donors (Lipinski definition) is 1. The van der Waals surface area contributed by atoms with E-state index < -0.39 is 16.1 Å². The predicted octanol–water partition coefficient (Wildman–Crippen LogP) is 8.55. The molecule has 186 valence electrons. The number of aromatic hydroxyl groups is 1. The van der Waals surface area contributed by atoms with E-state index in [-0.39, 0.29) is 11.9 Å². The Hall–Kier alpha value is -2.93. The predicted molar refractivity (Wildman–Crippen MR) is 161 cm³/mol. The van der Waals surface area contributed by atoms with Crippen LogP contribution in [0.1, 0.15) is 22.3 Å². The highest BCUT2D eigenvalue weighted by Crippen LogP contribution is 2.37. The van der Waals surface area contributed by atoms with Crippen molar-refractivity contribution in [1.29, 1.82) is 0 Å². The molecule has 3 aromatic rings. The summed E-state index contributed by atoms with van der Waals surface area (Å²) in [5.41, 5.74) is 6.21. The fraction of sp³-hybridized carbons (Fsp3) is 0.250. The molecule has 0 radical (unpaired) electrons. The van der Waals surface area contributed by atoms with Crippen molar-refractivity contribution in [3.05, 3.63) is 112 Å². The number of benzene rings is 3. The van der Waals surface area contributed by atoms with Gasteiger partial charge in [-0.3, -0.25) is 0 Å². The van der Waals surface area contributed by atoms with E-state index in [4.69, 9.17) is 4.74 Å². The lowest BCUT2D eigenvalue weighted by atomic mass is 10.0. The van der Waals surface area contributed by atoms with Crippen molar-refractivity contribution in [1.82, 2.24) is 0 Å². The molecule has 1 fully saturated rings. The lowest BCUT2D eigenvalue weighted by molar-refractivity contribution is 0.435. The van der Waals surface area contributed by atoms with E-state index in [0.717, 1.165) is 12.2 Å². The summed E-state index contributed by atoms with van der Waals surface area (Å²) < 4.78 is 5.85. The van der Waals surface area contributed by atoms with Gasteiger partial charge in [0.1, 0.15) is 11.9 Å². The summed E-state index contributed by atoms with van der Waals surface area (Å²) in [4.78, 5) is 0. The zero-order valence-corrected chi connectivity index (χ0v) is 24.4. The van der Waals surface area contributed by atoms with Gasteiger partial charge in [0.25, 0.3) is 0 Å². The Morgan fingerprint density at radius 1 is 0.722 bits per heavy atom. The van der Waals surface area contributed by atoms with Crippen LogP contribution in [-0.2, 0) is 4.74 Å². The summed E-state index contributed by atoms with van der Waals surface area (Å²) in [5, 5.41) is 12.6. The SMILES string of the molecule is C[Si](C)(C)C(=Cc1ccccc1C(=Cc1ccccc1)[Si](C)(C)C)C(=Cc1ccc(O)cc1)C1CO1. The first-order chi connectivity index (χ1) is 17.0. The summed E-state index contributed by atoms with van der Waals surface area (Å²) in [7, 11) is -3.40. The van der Waals surface area contributed by atoms with Gasteiger partial charge in [0.15, 0.2) is 0 Å². The summed E-state index contributed by atoms with van der Waals surface area (Å²) in [6.45, 7) is 15.3. The maximum absolute atomic E-state index is 9.75. The van der Waals surface area contributed by atoms with Crippen LogP contribution in [0.15, 0.2) is 89.6 Å². The molecule has 1 aliphatic rings. The maximum atomic E-state index is 9.75. The number of ether oxygens (including phenoxy) is 1.